The van der Waals surface area contributed by atoms with Crippen molar-refractivity contribution >= 4 is 40.6 Å². The number of imidazole rings is 2. The van der Waals surface area contributed by atoms with Gasteiger partial charge in [-0.25, -0.2) is 9.97 Å². The van der Waals surface area contributed by atoms with Crippen LogP contribution in [0.1, 0.15) is 11.4 Å². The van der Waals surface area contributed by atoms with Crippen molar-refractivity contribution < 1.29 is 9.53 Å². The molecule has 32 heavy (non-hydrogen) atoms. The van der Waals surface area contributed by atoms with Gasteiger partial charge in [-0.2, -0.15) is 0 Å². The van der Waals surface area contributed by atoms with Crippen molar-refractivity contribution in [1.29, 1.82) is 0 Å². The van der Waals surface area contributed by atoms with Crippen molar-refractivity contribution in [3.05, 3.63) is 102 Å². The molecule has 158 valence electrons. The highest BCUT2D eigenvalue weighted by Gasteiger charge is 2.08. The third-order valence-electron chi connectivity index (χ3n) is 4.82. The van der Waals surface area contributed by atoms with E-state index in [-0.39, 0.29) is 5.91 Å². The van der Waals surface area contributed by atoms with Crippen LogP contribution in [0.15, 0.2) is 85.3 Å². The maximum atomic E-state index is 12.4. The molecule has 0 saturated carbocycles. The largest absolute Gasteiger partial charge is 0.487 e. The molecule has 0 atom stereocenters. The van der Waals surface area contributed by atoms with Crippen molar-refractivity contribution in [2.45, 2.75) is 6.61 Å². The van der Waals surface area contributed by atoms with E-state index < -0.39 is 0 Å². The summed E-state index contributed by atoms with van der Waals surface area (Å²) in [5, 5.41) is 3.17. The van der Waals surface area contributed by atoms with E-state index in [0.717, 1.165) is 11.3 Å². The molecule has 0 fully saturated rings. The Bertz CT molecular complexity index is 1420. The molecule has 1 aromatic carbocycles. The van der Waals surface area contributed by atoms with E-state index in [1.54, 1.807) is 18.2 Å². The van der Waals surface area contributed by atoms with Gasteiger partial charge in [0.2, 0.25) is 5.91 Å². The highest BCUT2D eigenvalue weighted by atomic mass is 35.5. The van der Waals surface area contributed by atoms with Gasteiger partial charge in [0, 0.05) is 36.4 Å². The Morgan fingerprint density at radius 3 is 2.75 bits per heavy atom. The van der Waals surface area contributed by atoms with Crippen LogP contribution in [-0.4, -0.2) is 24.7 Å². The minimum atomic E-state index is -0.288. The minimum absolute atomic E-state index is 0.288. The van der Waals surface area contributed by atoms with Crippen molar-refractivity contribution in [3.63, 3.8) is 0 Å². The lowest BCUT2D eigenvalue weighted by Crippen LogP contribution is -2.08. The second-order valence-electron chi connectivity index (χ2n) is 7.05. The topological polar surface area (TPSA) is 72.9 Å². The molecule has 0 aliphatic carbocycles. The summed E-state index contributed by atoms with van der Waals surface area (Å²) in [6, 6.07) is 18.6. The quantitative estimate of drug-likeness (QED) is 0.380. The van der Waals surface area contributed by atoms with Gasteiger partial charge in [-0.1, -0.05) is 29.8 Å². The molecule has 0 aliphatic heterocycles. The van der Waals surface area contributed by atoms with E-state index >= 15 is 0 Å². The Balaban J connectivity index is 1.24. The second-order valence-corrected chi connectivity index (χ2v) is 7.41. The van der Waals surface area contributed by atoms with Gasteiger partial charge >= 0.3 is 0 Å². The first kappa shape index (κ1) is 19.8. The summed E-state index contributed by atoms with van der Waals surface area (Å²) in [5.74, 6) is 0.345. The third-order valence-corrected chi connectivity index (χ3v) is 5.09. The number of hydrogen-bond donors (Lipinski definition) is 1. The molecule has 8 heteroatoms. The number of benzene rings is 1. The Morgan fingerprint density at radius 1 is 1.03 bits per heavy atom. The van der Waals surface area contributed by atoms with Crippen molar-refractivity contribution in [2.24, 2.45) is 0 Å². The molecule has 0 aliphatic rings. The number of aromatic nitrogens is 4. The van der Waals surface area contributed by atoms with Crippen molar-refractivity contribution in [3.8, 4) is 5.75 Å². The van der Waals surface area contributed by atoms with Crippen LogP contribution in [0.2, 0.25) is 5.15 Å². The number of fused-ring (bicyclic) bond motifs is 2. The van der Waals surface area contributed by atoms with Crippen LogP contribution in [-0.2, 0) is 11.4 Å². The number of carbonyl (C=O) groups is 1. The summed E-state index contributed by atoms with van der Waals surface area (Å²) in [5.41, 5.74) is 3.66. The lowest BCUT2D eigenvalue weighted by Gasteiger charge is -2.07. The molecule has 1 amide bonds. The average Bonchev–Trinajstić information content (AvgIpc) is 3.36. The monoisotopic (exact) mass is 443 g/mol. The molecule has 0 radical (unpaired) electrons. The molecule has 5 rings (SSSR count). The fourth-order valence-electron chi connectivity index (χ4n) is 3.35. The molecule has 4 aromatic heterocycles. The number of anilines is 1. The molecule has 0 saturated heterocycles. The second kappa shape index (κ2) is 8.56. The molecule has 0 unspecified atom stereocenters. The molecule has 5 aromatic rings. The fourth-order valence-corrected chi connectivity index (χ4v) is 3.59. The zero-order chi connectivity index (χ0) is 21.9. The zero-order valence-corrected chi connectivity index (χ0v) is 17.6. The van der Waals surface area contributed by atoms with Gasteiger partial charge in [0.05, 0.1) is 11.4 Å². The summed E-state index contributed by atoms with van der Waals surface area (Å²) in [6.45, 7) is 0.325. The van der Waals surface area contributed by atoms with Gasteiger partial charge in [-0.3, -0.25) is 9.20 Å². The van der Waals surface area contributed by atoms with Gasteiger partial charge in [0.15, 0.2) is 5.15 Å². The molecule has 0 bridgehead atoms. The van der Waals surface area contributed by atoms with Crippen LogP contribution >= 0.6 is 11.6 Å². The van der Waals surface area contributed by atoms with Crippen LogP contribution in [0.4, 0.5) is 5.69 Å². The summed E-state index contributed by atoms with van der Waals surface area (Å²) in [6.07, 6.45) is 8.77. The number of pyridine rings is 2. The van der Waals surface area contributed by atoms with Gasteiger partial charge in [-0.15, -0.1) is 0 Å². The lowest BCUT2D eigenvalue weighted by molar-refractivity contribution is -0.111. The minimum Gasteiger partial charge on any atom is -0.487 e. The van der Waals surface area contributed by atoms with Crippen LogP contribution in [0.25, 0.3) is 17.4 Å². The van der Waals surface area contributed by atoms with Crippen LogP contribution in [0.3, 0.4) is 0 Å². The van der Waals surface area contributed by atoms with Crippen LogP contribution in [0, 0.1) is 0 Å². The van der Waals surface area contributed by atoms with E-state index in [2.05, 4.69) is 15.3 Å². The highest BCUT2D eigenvalue weighted by molar-refractivity contribution is 6.31. The highest BCUT2D eigenvalue weighted by Crippen LogP contribution is 2.20. The SMILES string of the molecule is O=C(/C=C/c1c(Cl)nc2ccccn12)Nc1cccc(OCc2cn3ccccc3n2)c1. The normalized spacial score (nSPS) is 11.4. The maximum absolute atomic E-state index is 12.4. The number of rotatable bonds is 6. The van der Waals surface area contributed by atoms with E-state index in [4.69, 9.17) is 16.3 Å². The van der Waals surface area contributed by atoms with E-state index in [0.29, 0.717) is 34.5 Å². The predicted molar refractivity (Wildman–Crippen MR) is 124 cm³/mol. The smallest absolute Gasteiger partial charge is 0.248 e. The van der Waals surface area contributed by atoms with Gasteiger partial charge in [0.1, 0.15) is 23.7 Å². The Kier molecular flexibility index (Phi) is 5.31. The Hall–Kier alpha value is -4.10. The first-order valence-corrected chi connectivity index (χ1v) is 10.3. The van der Waals surface area contributed by atoms with Gasteiger partial charge in [-0.05, 0) is 42.5 Å². The van der Waals surface area contributed by atoms with Crippen LogP contribution < -0.4 is 10.1 Å². The molecule has 0 spiro atoms. The molecular formula is C24H18ClN5O2. The van der Waals surface area contributed by atoms with E-state index in [9.17, 15) is 4.79 Å². The standard InChI is InChI=1S/C24H18ClN5O2/c25-24-20(30-13-4-2-9-22(30)28-24)10-11-23(31)27-17-6-5-7-19(14-17)32-16-18-15-29-12-3-1-8-21(29)26-18/h1-15H,16H2,(H,27,31)/b11-10+. The first-order chi connectivity index (χ1) is 15.7. The lowest BCUT2D eigenvalue weighted by atomic mass is 10.3. The third kappa shape index (κ3) is 4.19. The summed E-state index contributed by atoms with van der Waals surface area (Å²) < 4.78 is 9.61. The Morgan fingerprint density at radius 2 is 1.88 bits per heavy atom. The number of amides is 1. The average molecular weight is 444 g/mol. The number of nitrogens with one attached hydrogen (secondary N) is 1. The van der Waals surface area contributed by atoms with Crippen molar-refractivity contribution in [2.75, 3.05) is 5.32 Å². The summed E-state index contributed by atoms with van der Waals surface area (Å²) in [7, 11) is 0. The molecular weight excluding hydrogens is 426 g/mol. The van der Waals surface area contributed by atoms with Crippen LogP contribution in [0.5, 0.6) is 5.75 Å². The fraction of sp³-hybridized carbons (Fsp3) is 0.0417. The van der Waals surface area contributed by atoms with E-state index in [1.165, 1.54) is 6.08 Å². The summed E-state index contributed by atoms with van der Waals surface area (Å²) >= 11 is 6.21. The first-order valence-electron chi connectivity index (χ1n) is 9.93. The Labute approximate surface area is 188 Å². The van der Waals surface area contributed by atoms with Crippen molar-refractivity contribution in [1.82, 2.24) is 18.8 Å². The zero-order valence-electron chi connectivity index (χ0n) is 16.9. The summed E-state index contributed by atoms with van der Waals surface area (Å²) in [4.78, 5) is 21.2. The number of nitrogens with zero attached hydrogens (tertiary/aromatic N) is 4. The maximum Gasteiger partial charge on any atom is 0.248 e. The number of carbonyl (C=O) groups excluding carboxylic acids is 1. The number of ether oxygens (including phenoxy) is 1. The number of hydrogen-bond acceptors (Lipinski definition) is 4. The molecule has 7 nitrogen and oxygen atoms in total. The van der Waals surface area contributed by atoms with E-state index in [1.807, 2.05) is 75.9 Å². The van der Waals surface area contributed by atoms with Gasteiger partial charge < -0.3 is 14.5 Å². The number of halogens is 1. The predicted octanol–water partition coefficient (Wildman–Crippen LogP) is 4.87. The molecule has 4 heterocycles. The van der Waals surface area contributed by atoms with Gasteiger partial charge in [0.25, 0.3) is 0 Å². The molecule has 1 N–H and O–H groups in total.